The van der Waals surface area contributed by atoms with Gasteiger partial charge in [0.05, 0.1) is 21.2 Å². The van der Waals surface area contributed by atoms with E-state index in [2.05, 4.69) is 32.6 Å². The number of carbonyl (C=O) groups is 1. The zero-order chi connectivity index (χ0) is 27.3. The van der Waals surface area contributed by atoms with Gasteiger partial charge in [-0.05, 0) is 102 Å². The van der Waals surface area contributed by atoms with Crippen molar-refractivity contribution in [2.24, 2.45) is 0 Å². The van der Waals surface area contributed by atoms with Gasteiger partial charge in [0.25, 0.3) is 20.0 Å². The monoisotopic (exact) mass is 661 g/mol. The van der Waals surface area contributed by atoms with E-state index in [1.54, 1.807) is 67.6 Å². The molecular formula is C27H24IN3O5S2. The van der Waals surface area contributed by atoms with Crippen molar-refractivity contribution in [1.29, 1.82) is 0 Å². The van der Waals surface area contributed by atoms with Gasteiger partial charge < -0.3 is 5.32 Å². The molecule has 0 saturated heterocycles. The van der Waals surface area contributed by atoms with Gasteiger partial charge in [0, 0.05) is 9.26 Å². The van der Waals surface area contributed by atoms with Crippen LogP contribution in [0.2, 0.25) is 0 Å². The van der Waals surface area contributed by atoms with E-state index < -0.39 is 32.5 Å². The van der Waals surface area contributed by atoms with Gasteiger partial charge in [-0.2, -0.15) is 0 Å². The number of hydrogen-bond donors (Lipinski definition) is 2. The molecule has 0 aromatic heterocycles. The Balaban J connectivity index is 1.52. The molecule has 0 aliphatic heterocycles. The molecule has 0 atom stereocenters. The van der Waals surface area contributed by atoms with Crippen molar-refractivity contribution in [3.8, 4) is 0 Å². The Bertz CT molecular complexity index is 1640. The summed E-state index contributed by atoms with van der Waals surface area (Å²) in [5.74, 6) is -0.586. The lowest BCUT2D eigenvalue weighted by Crippen LogP contribution is -2.38. The van der Waals surface area contributed by atoms with Crippen LogP contribution in [-0.4, -0.2) is 29.3 Å². The number of hydrogen-bond acceptors (Lipinski definition) is 5. The van der Waals surface area contributed by atoms with E-state index in [9.17, 15) is 21.6 Å². The highest BCUT2D eigenvalue weighted by Gasteiger charge is 2.27. The molecule has 4 rings (SSSR count). The fraction of sp³-hybridized carbons (Fsp3) is 0.0741. The van der Waals surface area contributed by atoms with E-state index in [1.165, 1.54) is 36.4 Å². The summed E-state index contributed by atoms with van der Waals surface area (Å²) in [6.07, 6.45) is 0. The minimum Gasteiger partial charge on any atom is -0.325 e. The number of benzene rings is 4. The molecular weight excluding hydrogens is 637 g/mol. The molecule has 0 saturated carbocycles. The number of nitrogens with one attached hydrogen (secondary N) is 2. The molecule has 0 bridgehead atoms. The van der Waals surface area contributed by atoms with Crippen molar-refractivity contribution in [2.75, 3.05) is 20.9 Å². The number of sulfonamides is 2. The van der Waals surface area contributed by atoms with E-state index in [-0.39, 0.29) is 9.79 Å². The maximum Gasteiger partial charge on any atom is 0.264 e. The van der Waals surface area contributed by atoms with Crippen molar-refractivity contribution in [1.82, 2.24) is 0 Å². The van der Waals surface area contributed by atoms with Crippen LogP contribution >= 0.6 is 22.6 Å². The van der Waals surface area contributed by atoms with Crippen molar-refractivity contribution in [3.05, 3.63) is 112 Å². The standard InChI is InChI=1S/C27H24IN3O5S2/c1-20-7-5-6-10-26(20)30-37(33,34)24-17-13-22(14-18-24)29-27(32)19-31(23-15-11-21(28)12-16-23)38(35,36)25-8-3-2-4-9-25/h2-18,30H,19H2,1H3,(H,29,32). The Morgan fingerprint density at radius 3 is 2.00 bits per heavy atom. The Morgan fingerprint density at radius 1 is 0.763 bits per heavy atom. The van der Waals surface area contributed by atoms with Gasteiger partial charge in [0.1, 0.15) is 6.54 Å². The average molecular weight is 662 g/mol. The summed E-state index contributed by atoms with van der Waals surface area (Å²) in [6, 6.07) is 27.3. The number of amides is 1. The first kappa shape index (κ1) is 27.6. The Hall–Kier alpha value is -3.42. The molecule has 4 aromatic rings. The molecule has 0 aliphatic carbocycles. The molecule has 1 amide bonds. The number of rotatable bonds is 9. The minimum atomic E-state index is -4.03. The highest BCUT2D eigenvalue weighted by molar-refractivity contribution is 14.1. The van der Waals surface area contributed by atoms with Crippen LogP contribution in [0.25, 0.3) is 0 Å². The van der Waals surface area contributed by atoms with Gasteiger partial charge in [-0.25, -0.2) is 16.8 Å². The number of halogens is 1. The summed E-state index contributed by atoms with van der Waals surface area (Å²) in [5, 5.41) is 2.65. The third kappa shape index (κ3) is 6.52. The topological polar surface area (TPSA) is 113 Å². The van der Waals surface area contributed by atoms with E-state index in [1.807, 2.05) is 6.07 Å². The lowest BCUT2D eigenvalue weighted by molar-refractivity contribution is -0.114. The molecule has 0 fully saturated rings. The van der Waals surface area contributed by atoms with Crippen LogP contribution in [0.3, 0.4) is 0 Å². The van der Waals surface area contributed by atoms with Crippen LogP contribution in [0, 0.1) is 10.5 Å². The van der Waals surface area contributed by atoms with E-state index >= 15 is 0 Å². The Kier molecular flexibility index (Phi) is 8.38. The van der Waals surface area contributed by atoms with Crippen molar-refractivity contribution >= 4 is 65.6 Å². The Morgan fingerprint density at radius 2 is 1.37 bits per heavy atom. The zero-order valence-corrected chi connectivity index (χ0v) is 24.0. The van der Waals surface area contributed by atoms with Gasteiger partial charge >= 0.3 is 0 Å². The average Bonchev–Trinajstić information content (AvgIpc) is 2.90. The predicted octanol–water partition coefficient (Wildman–Crippen LogP) is 5.23. The maximum absolute atomic E-state index is 13.4. The summed E-state index contributed by atoms with van der Waals surface area (Å²) in [4.78, 5) is 13.0. The number of nitrogens with zero attached hydrogens (tertiary/aromatic N) is 1. The minimum absolute atomic E-state index is 0.0194. The third-order valence-electron chi connectivity index (χ3n) is 5.57. The molecule has 0 unspecified atom stereocenters. The molecule has 0 aliphatic rings. The number of anilines is 3. The van der Waals surface area contributed by atoms with E-state index in [0.717, 1.165) is 13.4 Å². The fourth-order valence-corrected chi connectivity index (χ4v) is 6.51. The molecule has 4 aromatic carbocycles. The summed E-state index contributed by atoms with van der Waals surface area (Å²) in [5.41, 5.74) is 1.92. The second-order valence-electron chi connectivity index (χ2n) is 8.29. The SMILES string of the molecule is Cc1ccccc1NS(=O)(=O)c1ccc(NC(=O)CN(c2ccc(I)cc2)S(=O)(=O)c2ccccc2)cc1. The molecule has 0 heterocycles. The molecule has 38 heavy (non-hydrogen) atoms. The zero-order valence-electron chi connectivity index (χ0n) is 20.2. The first-order chi connectivity index (χ1) is 18.1. The van der Waals surface area contributed by atoms with Gasteiger partial charge in [0.15, 0.2) is 0 Å². The van der Waals surface area contributed by atoms with Gasteiger partial charge in [-0.15, -0.1) is 0 Å². The predicted molar refractivity (Wildman–Crippen MR) is 157 cm³/mol. The maximum atomic E-state index is 13.4. The second-order valence-corrected chi connectivity index (χ2v) is 13.1. The number of para-hydroxylation sites is 1. The smallest absolute Gasteiger partial charge is 0.264 e. The largest absolute Gasteiger partial charge is 0.325 e. The highest BCUT2D eigenvalue weighted by atomic mass is 127. The highest BCUT2D eigenvalue weighted by Crippen LogP contribution is 2.25. The summed E-state index contributed by atoms with van der Waals surface area (Å²) < 4.78 is 56.9. The lowest BCUT2D eigenvalue weighted by Gasteiger charge is -2.24. The van der Waals surface area contributed by atoms with Crippen molar-refractivity contribution < 1.29 is 21.6 Å². The van der Waals surface area contributed by atoms with Crippen LogP contribution in [0.5, 0.6) is 0 Å². The van der Waals surface area contributed by atoms with E-state index in [0.29, 0.717) is 17.1 Å². The molecule has 8 nitrogen and oxygen atoms in total. The molecule has 0 radical (unpaired) electrons. The van der Waals surface area contributed by atoms with Crippen LogP contribution in [0.1, 0.15) is 5.56 Å². The van der Waals surface area contributed by atoms with E-state index in [4.69, 9.17) is 0 Å². The van der Waals surface area contributed by atoms with Crippen LogP contribution in [-0.2, 0) is 24.8 Å². The second kappa shape index (κ2) is 11.5. The first-order valence-electron chi connectivity index (χ1n) is 11.4. The van der Waals surface area contributed by atoms with Crippen molar-refractivity contribution in [3.63, 3.8) is 0 Å². The van der Waals surface area contributed by atoms with Gasteiger partial charge in [-0.3, -0.25) is 13.8 Å². The summed E-state index contributed by atoms with van der Waals surface area (Å²) >= 11 is 2.11. The number of carbonyl (C=O) groups excluding carboxylic acids is 1. The fourth-order valence-electron chi connectivity index (χ4n) is 3.58. The quantitative estimate of drug-likeness (QED) is 0.239. The molecule has 196 valence electrons. The van der Waals surface area contributed by atoms with Crippen molar-refractivity contribution in [2.45, 2.75) is 16.7 Å². The lowest BCUT2D eigenvalue weighted by atomic mass is 10.2. The van der Waals surface area contributed by atoms with Crippen LogP contribution in [0.15, 0.2) is 113 Å². The number of aryl methyl sites for hydroxylation is 1. The summed E-state index contributed by atoms with van der Waals surface area (Å²) in [7, 11) is -7.87. The van der Waals surface area contributed by atoms with Crippen LogP contribution < -0.4 is 14.3 Å². The Labute approximate surface area is 236 Å². The summed E-state index contributed by atoms with van der Waals surface area (Å²) in [6.45, 7) is 1.32. The van der Waals surface area contributed by atoms with Gasteiger partial charge in [-0.1, -0.05) is 36.4 Å². The normalized spacial score (nSPS) is 11.5. The first-order valence-corrected chi connectivity index (χ1v) is 15.4. The molecule has 0 spiro atoms. The molecule has 11 heteroatoms. The third-order valence-corrected chi connectivity index (χ3v) is 9.46. The van der Waals surface area contributed by atoms with Gasteiger partial charge in [0.2, 0.25) is 5.91 Å². The van der Waals surface area contributed by atoms with Crippen LogP contribution in [0.4, 0.5) is 17.1 Å². The molecule has 2 N–H and O–H groups in total.